The third-order valence-corrected chi connectivity index (χ3v) is 4.42. The lowest BCUT2D eigenvalue weighted by atomic mass is 9.72. The van der Waals surface area contributed by atoms with Crippen LogP contribution in [-0.2, 0) is 0 Å². The van der Waals surface area contributed by atoms with E-state index in [2.05, 4.69) is 41.5 Å². The predicted octanol–water partition coefficient (Wildman–Crippen LogP) is 4.85. The molecule has 0 aliphatic heterocycles. The minimum absolute atomic E-state index is 0.120. The standard InChI is InChI=1S/C18H40N2/c1-7-9-10-12-15(11-8-2)13-16(19)17(3,4)14-18(5,6)20/h15-16H,7-14,19-20H2,1-6H3. The molecular formula is C18H40N2. The van der Waals surface area contributed by atoms with Crippen LogP contribution < -0.4 is 11.5 Å². The second kappa shape index (κ2) is 9.04. The van der Waals surface area contributed by atoms with Crippen LogP contribution in [0.25, 0.3) is 0 Å². The molecule has 0 radical (unpaired) electrons. The second-order valence-electron chi connectivity index (χ2n) is 8.15. The van der Waals surface area contributed by atoms with E-state index in [1.54, 1.807) is 0 Å². The molecule has 0 aromatic rings. The van der Waals surface area contributed by atoms with Gasteiger partial charge in [-0.05, 0) is 38.0 Å². The average Bonchev–Trinajstić information content (AvgIpc) is 2.26. The molecule has 0 heterocycles. The molecule has 0 bridgehead atoms. The van der Waals surface area contributed by atoms with Gasteiger partial charge in [-0.3, -0.25) is 0 Å². The maximum absolute atomic E-state index is 6.54. The van der Waals surface area contributed by atoms with E-state index >= 15 is 0 Å². The molecule has 0 saturated carbocycles. The van der Waals surface area contributed by atoms with Crippen molar-refractivity contribution in [2.75, 3.05) is 0 Å². The fourth-order valence-electron chi connectivity index (χ4n) is 3.45. The van der Waals surface area contributed by atoms with E-state index < -0.39 is 0 Å². The van der Waals surface area contributed by atoms with E-state index in [0.29, 0.717) is 0 Å². The summed E-state index contributed by atoms with van der Waals surface area (Å²) >= 11 is 0. The van der Waals surface area contributed by atoms with Crippen LogP contribution in [0.3, 0.4) is 0 Å². The zero-order valence-electron chi connectivity index (χ0n) is 15.0. The lowest BCUT2D eigenvalue weighted by Crippen LogP contribution is -2.46. The largest absolute Gasteiger partial charge is 0.327 e. The van der Waals surface area contributed by atoms with Crippen molar-refractivity contribution in [1.82, 2.24) is 0 Å². The fourth-order valence-corrected chi connectivity index (χ4v) is 3.45. The Hall–Kier alpha value is -0.0800. The minimum Gasteiger partial charge on any atom is -0.327 e. The normalized spacial score (nSPS) is 16.2. The van der Waals surface area contributed by atoms with Crippen molar-refractivity contribution >= 4 is 0 Å². The molecule has 2 atom stereocenters. The van der Waals surface area contributed by atoms with E-state index in [0.717, 1.165) is 18.8 Å². The van der Waals surface area contributed by atoms with E-state index in [-0.39, 0.29) is 17.0 Å². The zero-order valence-corrected chi connectivity index (χ0v) is 15.0. The Kier molecular flexibility index (Phi) is 9.01. The van der Waals surface area contributed by atoms with Crippen LogP contribution in [0.5, 0.6) is 0 Å². The first kappa shape index (κ1) is 19.9. The number of hydrogen-bond acceptors (Lipinski definition) is 2. The summed E-state index contributed by atoms with van der Waals surface area (Å²) in [6.07, 6.45) is 10.1. The minimum atomic E-state index is -0.135. The van der Waals surface area contributed by atoms with Crippen LogP contribution in [0.4, 0.5) is 0 Å². The predicted molar refractivity (Wildman–Crippen MR) is 91.8 cm³/mol. The van der Waals surface area contributed by atoms with E-state index in [9.17, 15) is 0 Å². The van der Waals surface area contributed by atoms with Gasteiger partial charge in [0.2, 0.25) is 0 Å². The fraction of sp³-hybridized carbons (Fsp3) is 1.00. The molecule has 2 heteroatoms. The summed E-state index contributed by atoms with van der Waals surface area (Å²) in [5.74, 6) is 0.793. The molecule has 0 rings (SSSR count). The van der Waals surface area contributed by atoms with Crippen LogP contribution >= 0.6 is 0 Å². The molecule has 2 nitrogen and oxygen atoms in total. The molecule has 2 unspecified atom stereocenters. The van der Waals surface area contributed by atoms with Gasteiger partial charge in [-0.25, -0.2) is 0 Å². The monoisotopic (exact) mass is 284 g/mol. The third-order valence-electron chi connectivity index (χ3n) is 4.42. The van der Waals surface area contributed by atoms with Crippen molar-refractivity contribution in [2.45, 2.75) is 104 Å². The Bertz CT molecular complexity index is 240. The third kappa shape index (κ3) is 8.97. The quantitative estimate of drug-likeness (QED) is 0.533. The number of nitrogens with two attached hydrogens (primary N) is 2. The Labute approximate surface area is 128 Å². The summed E-state index contributed by atoms with van der Waals surface area (Å²) < 4.78 is 0. The summed E-state index contributed by atoms with van der Waals surface area (Å²) in [6.45, 7) is 13.3. The summed E-state index contributed by atoms with van der Waals surface area (Å²) in [4.78, 5) is 0. The van der Waals surface area contributed by atoms with Crippen molar-refractivity contribution in [3.8, 4) is 0 Å². The lowest BCUT2D eigenvalue weighted by Gasteiger charge is -2.38. The van der Waals surface area contributed by atoms with Crippen molar-refractivity contribution in [2.24, 2.45) is 22.8 Å². The summed E-state index contributed by atoms with van der Waals surface area (Å²) in [6, 6.07) is 0.253. The summed E-state index contributed by atoms with van der Waals surface area (Å²) in [5.41, 5.74) is 12.7. The molecule has 0 spiro atoms. The van der Waals surface area contributed by atoms with Gasteiger partial charge in [0.15, 0.2) is 0 Å². The molecule has 4 N–H and O–H groups in total. The first-order valence-electron chi connectivity index (χ1n) is 8.66. The van der Waals surface area contributed by atoms with Gasteiger partial charge < -0.3 is 11.5 Å². The molecule has 122 valence electrons. The van der Waals surface area contributed by atoms with Gasteiger partial charge in [0.05, 0.1) is 0 Å². The van der Waals surface area contributed by atoms with Gasteiger partial charge in [0, 0.05) is 11.6 Å². The number of hydrogen-bond donors (Lipinski definition) is 2. The van der Waals surface area contributed by atoms with Gasteiger partial charge in [-0.2, -0.15) is 0 Å². The first-order valence-corrected chi connectivity index (χ1v) is 8.66. The second-order valence-corrected chi connectivity index (χ2v) is 8.15. The average molecular weight is 285 g/mol. The number of unbranched alkanes of at least 4 members (excludes halogenated alkanes) is 2. The van der Waals surface area contributed by atoms with Crippen molar-refractivity contribution in [3.05, 3.63) is 0 Å². The Morgan fingerprint density at radius 2 is 1.50 bits per heavy atom. The molecular weight excluding hydrogens is 244 g/mol. The lowest BCUT2D eigenvalue weighted by molar-refractivity contribution is 0.180. The van der Waals surface area contributed by atoms with Crippen molar-refractivity contribution < 1.29 is 0 Å². The molecule has 20 heavy (non-hydrogen) atoms. The Morgan fingerprint density at radius 3 is 1.95 bits per heavy atom. The summed E-state index contributed by atoms with van der Waals surface area (Å²) in [7, 11) is 0. The maximum Gasteiger partial charge on any atom is 0.0103 e. The SMILES string of the molecule is CCCCCC(CCC)CC(N)C(C)(C)CC(C)(C)N. The molecule has 0 aliphatic carbocycles. The van der Waals surface area contributed by atoms with Gasteiger partial charge in [0.1, 0.15) is 0 Å². The Morgan fingerprint density at radius 1 is 0.900 bits per heavy atom. The molecule has 0 aromatic carbocycles. The van der Waals surface area contributed by atoms with Crippen LogP contribution in [0, 0.1) is 11.3 Å². The van der Waals surface area contributed by atoms with Crippen LogP contribution in [-0.4, -0.2) is 11.6 Å². The molecule has 0 aromatic heterocycles. The topological polar surface area (TPSA) is 52.0 Å². The first-order chi connectivity index (χ1) is 9.12. The molecule has 0 fully saturated rings. The van der Waals surface area contributed by atoms with Crippen LogP contribution in [0.1, 0.15) is 92.9 Å². The highest BCUT2D eigenvalue weighted by molar-refractivity contribution is 4.90. The molecule has 0 saturated heterocycles. The van der Waals surface area contributed by atoms with Crippen LogP contribution in [0.2, 0.25) is 0 Å². The Balaban J connectivity index is 4.44. The van der Waals surface area contributed by atoms with E-state index in [4.69, 9.17) is 11.5 Å². The number of rotatable bonds is 11. The van der Waals surface area contributed by atoms with E-state index in [1.807, 2.05) is 0 Å². The van der Waals surface area contributed by atoms with Gasteiger partial charge in [-0.1, -0.05) is 66.2 Å². The molecule has 0 amide bonds. The summed E-state index contributed by atoms with van der Waals surface area (Å²) in [5, 5.41) is 0. The van der Waals surface area contributed by atoms with Gasteiger partial charge >= 0.3 is 0 Å². The highest BCUT2D eigenvalue weighted by atomic mass is 14.7. The van der Waals surface area contributed by atoms with Gasteiger partial charge in [-0.15, -0.1) is 0 Å². The van der Waals surface area contributed by atoms with Crippen LogP contribution in [0.15, 0.2) is 0 Å². The molecule has 0 aliphatic rings. The van der Waals surface area contributed by atoms with Crippen molar-refractivity contribution in [3.63, 3.8) is 0 Å². The van der Waals surface area contributed by atoms with E-state index in [1.165, 1.54) is 38.5 Å². The smallest absolute Gasteiger partial charge is 0.0103 e. The highest BCUT2D eigenvalue weighted by Crippen LogP contribution is 2.34. The maximum atomic E-state index is 6.54. The van der Waals surface area contributed by atoms with Crippen molar-refractivity contribution in [1.29, 1.82) is 0 Å². The zero-order chi connectivity index (χ0) is 15.8. The van der Waals surface area contributed by atoms with Gasteiger partial charge in [0.25, 0.3) is 0 Å². The highest BCUT2D eigenvalue weighted by Gasteiger charge is 2.32.